The quantitative estimate of drug-likeness (QED) is 0.675. The smallest absolute Gasteiger partial charge is 0.0456 e. The van der Waals surface area contributed by atoms with Crippen LogP contribution in [-0.2, 0) is 0 Å². The molecular weight excluding hydrogens is 160 g/mol. The van der Waals surface area contributed by atoms with Gasteiger partial charge in [-0.3, -0.25) is 0 Å². The summed E-state index contributed by atoms with van der Waals surface area (Å²) < 4.78 is 0. The number of aromatic nitrogens is 1. The van der Waals surface area contributed by atoms with Crippen molar-refractivity contribution in [2.75, 3.05) is 13.1 Å². The van der Waals surface area contributed by atoms with Gasteiger partial charge in [0, 0.05) is 36.1 Å². The van der Waals surface area contributed by atoms with E-state index in [1.807, 2.05) is 0 Å². The number of rotatable bonds is 1. The predicted molar refractivity (Wildman–Crippen MR) is 53.9 cm³/mol. The number of nitrogens with one attached hydrogen (secondary N) is 2. The molecule has 2 aromatic rings. The van der Waals surface area contributed by atoms with Crippen molar-refractivity contribution in [1.82, 2.24) is 10.3 Å². The molecule has 66 valence electrons. The minimum absolute atomic E-state index is 0.719. The average Bonchev–Trinajstić information content (AvgIpc) is 2.47. The summed E-state index contributed by atoms with van der Waals surface area (Å²) >= 11 is 0. The van der Waals surface area contributed by atoms with E-state index in [0.29, 0.717) is 0 Å². The van der Waals surface area contributed by atoms with Gasteiger partial charge in [0.2, 0.25) is 0 Å². The maximum atomic E-state index is 3.31. The predicted octanol–water partition coefficient (Wildman–Crippen LogP) is 1.85. The molecule has 2 heterocycles. The maximum absolute atomic E-state index is 3.31. The van der Waals surface area contributed by atoms with Crippen LogP contribution >= 0.6 is 0 Å². The zero-order valence-electron chi connectivity index (χ0n) is 7.38. The van der Waals surface area contributed by atoms with E-state index in [9.17, 15) is 0 Å². The third-order valence-corrected chi connectivity index (χ3v) is 2.84. The van der Waals surface area contributed by atoms with Crippen molar-refractivity contribution >= 4 is 10.9 Å². The second kappa shape index (κ2) is 2.60. The molecule has 0 atom stereocenters. The molecule has 1 aromatic heterocycles. The highest BCUT2D eigenvalue weighted by Gasteiger charge is 2.21. The van der Waals surface area contributed by atoms with Gasteiger partial charge in [0.15, 0.2) is 0 Å². The third kappa shape index (κ3) is 0.988. The second-order valence-corrected chi connectivity index (χ2v) is 3.64. The molecule has 13 heavy (non-hydrogen) atoms. The first-order valence-corrected chi connectivity index (χ1v) is 4.72. The number of fused-ring (bicyclic) bond motifs is 1. The van der Waals surface area contributed by atoms with E-state index in [2.05, 4.69) is 40.8 Å². The Morgan fingerprint density at radius 1 is 1.15 bits per heavy atom. The molecule has 2 nitrogen and oxygen atoms in total. The first-order chi connectivity index (χ1) is 6.45. The highest BCUT2D eigenvalue weighted by atomic mass is 14.9. The second-order valence-electron chi connectivity index (χ2n) is 3.64. The lowest BCUT2D eigenvalue weighted by molar-refractivity contribution is 0.451. The summed E-state index contributed by atoms with van der Waals surface area (Å²) in [5, 5.41) is 4.68. The van der Waals surface area contributed by atoms with Crippen LogP contribution in [0.5, 0.6) is 0 Å². The number of benzene rings is 1. The number of hydrogen-bond acceptors (Lipinski definition) is 1. The Balaban J connectivity index is 2.17. The van der Waals surface area contributed by atoms with Crippen LogP contribution in [0.3, 0.4) is 0 Å². The minimum atomic E-state index is 0.719. The molecule has 0 aliphatic carbocycles. The SMILES string of the molecule is c1ccc2c(C3CNC3)c[nH]c2c1. The summed E-state index contributed by atoms with van der Waals surface area (Å²) in [7, 11) is 0. The van der Waals surface area contributed by atoms with Crippen LogP contribution in [0.1, 0.15) is 11.5 Å². The fourth-order valence-electron chi connectivity index (χ4n) is 1.94. The van der Waals surface area contributed by atoms with Gasteiger partial charge in [0.05, 0.1) is 0 Å². The van der Waals surface area contributed by atoms with Gasteiger partial charge in [0.25, 0.3) is 0 Å². The summed E-state index contributed by atoms with van der Waals surface area (Å²) in [6, 6.07) is 8.50. The van der Waals surface area contributed by atoms with Crippen LogP contribution in [0, 0.1) is 0 Å². The fourth-order valence-corrected chi connectivity index (χ4v) is 1.94. The van der Waals surface area contributed by atoms with Crippen molar-refractivity contribution < 1.29 is 0 Å². The molecule has 0 saturated carbocycles. The van der Waals surface area contributed by atoms with Gasteiger partial charge in [-0.15, -0.1) is 0 Å². The molecule has 0 spiro atoms. The van der Waals surface area contributed by atoms with Gasteiger partial charge in [0.1, 0.15) is 0 Å². The molecule has 1 saturated heterocycles. The van der Waals surface area contributed by atoms with Crippen molar-refractivity contribution in [2.24, 2.45) is 0 Å². The Kier molecular flexibility index (Phi) is 1.43. The summed E-state index contributed by atoms with van der Waals surface area (Å²) in [6.45, 7) is 2.25. The highest BCUT2D eigenvalue weighted by molar-refractivity contribution is 5.83. The first-order valence-electron chi connectivity index (χ1n) is 4.72. The van der Waals surface area contributed by atoms with E-state index in [4.69, 9.17) is 0 Å². The van der Waals surface area contributed by atoms with Gasteiger partial charge < -0.3 is 10.3 Å². The number of aromatic amines is 1. The van der Waals surface area contributed by atoms with Crippen LogP contribution in [0.15, 0.2) is 30.5 Å². The van der Waals surface area contributed by atoms with E-state index < -0.39 is 0 Å². The molecule has 0 unspecified atom stereocenters. The van der Waals surface area contributed by atoms with Crippen molar-refractivity contribution in [3.8, 4) is 0 Å². The van der Waals surface area contributed by atoms with Gasteiger partial charge in [-0.25, -0.2) is 0 Å². The summed E-state index contributed by atoms with van der Waals surface area (Å²) in [5.74, 6) is 0.719. The zero-order valence-corrected chi connectivity index (χ0v) is 7.38. The van der Waals surface area contributed by atoms with Crippen molar-refractivity contribution in [2.45, 2.75) is 5.92 Å². The lowest BCUT2D eigenvalue weighted by Gasteiger charge is -2.26. The topological polar surface area (TPSA) is 27.8 Å². The fraction of sp³-hybridized carbons (Fsp3) is 0.273. The van der Waals surface area contributed by atoms with E-state index in [1.54, 1.807) is 0 Å². The van der Waals surface area contributed by atoms with Crippen LogP contribution in [0.4, 0.5) is 0 Å². The van der Waals surface area contributed by atoms with Crippen LogP contribution in [0.2, 0.25) is 0 Å². The molecule has 1 aliphatic rings. The van der Waals surface area contributed by atoms with Gasteiger partial charge in [-0.1, -0.05) is 18.2 Å². The van der Waals surface area contributed by atoms with Crippen LogP contribution < -0.4 is 5.32 Å². The first kappa shape index (κ1) is 7.15. The van der Waals surface area contributed by atoms with Crippen LogP contribution in [0.25, 0.3) is 10.9 Å². The average molecular weight is 172 g/mol. The molecule has 0 amide bonds. The largest absolute Gasteiger partial charge is 0.361 e. The van der Waals surface area contributed by atoms with Crippen molar-refractivity contribution in [3.05, 3.63) is 36.0 Å². The van der Waals surface area contributed by atoms with Crippen LogP contribution in [-0.4, -0.2) is 18.1 Å². The Hall–Kier alpha value is -1.28. The molecule has 1 fully saturated rings. The van der Waals surface area contributed by atoms with E-state index >= 15 is 0 Å². The van der Waals surface area contributed by atoms with Crippen molar-refractivity contribution in [3.63, 3.8) is 0 Å². The maximum Gasteiger partial charge on any atom is 0.0456 e. The molecule has 2 N–H and O–H groups in total. The molecule has 1 aromatic carbocycles. The lowest BCUT2D eigenvalue weighted by Crippen LogP contribution is -2.39. The van der Waals surface area contributed by atoms with E-state index in [-0.39, 0.29) is 0 Å². The molecular formula is C11H12N2. The standard InChI is InChI=1S/C11H12N2/c1-2-4-11-9(3-1)10(7-13-11)8-5-12-6-8/h1-4,7-8,12-13H,5-6H2. The number of H-pyrrole nitrogens is 1. The summed E-state index contributed by atoms with van der Waals surface area (Å²) in [4.78, 5) is 3.31. The Morgan fingerprint density at radius 2 is 2.00 bits per heavy atom. The van der Waals surface area contributed by atoms with Gasteiger partial charge in [-0.2, -0.15) is 0 Å². The van der Waals surface area contributed by atoms with Gasteiger partial charge >= 0.3 is 0 Å². The summed E-state index contributed by atoms with van der Waals surface area (Å²) in [5.41, 5.74) is 2.72. The molecule has 3 rings (SSSR count). The molecule has 0 radical (unpaired) electrons. The third-order valence-electron chi connectivity index (χ3n) is 2.84. The number of para-hydroxylation sites is 1. The van der Waals surface area contributed by atoms with E-state index in [1.165, 1.54) is 16.5 Å². The highest BCUT2D eigenvalue weighted by Crippen LogP contribution is 2.27. The Labute approximate surface area is 77.0 Å². The Bertz CT molecular complexity index is 426. The molecule has 2 heteroatoms. The monoisotopic (exact) mass is 172 g/mol. The van der Waals surface area contributed by atoms with Gasteiger partial charge in [-0.05, 0) is 11.6 Å². The molecule has 0 bridgehead atoms. The zero-order chi connectivity index (χ0) is 8.67. The van der Waals surface area contributed by atoms with E-state index in [0.717, 1.165) is 19.0 Å². The lowest BCUT2D eigenvalue weighted by atomic mass is 9.93. The number of hydrogen-bond donors (Lipinski definition) is 2. The summed E-state index contributed by atoms with van der Waals surface area (Å²) in [6.07, 6.45) is 2.15. The normalized spacial score (nSPS) is 17.5. The van der Waals surface area contributed by atoms with Crippen molar-refractivity contribution in [1.29, 1.82) is 0 Å². The minimum Gasteiger partial charge on any atom is -0.361 e. The molecule has 1 aliphatic heterocycles. The Morgan fingerprint density at radius 3 is 2.77 bits per heavy atom.